The van der Waals surface area contributed by atoms with Crippen LogP contribution in [-0.2, 0) is 5.41 Å². The molecule has 1 aromatic heterocycles. The van der Waals surface area contributed by atoms with E-state index in [9.17, 15) is 0 Å². The molecule has 5 rings (SSSR count). The van der Waals surface area contributed by atoms with E-state index in [1.165, 1.54) is 34.5 Å². The number of anilines is 4. The third kappa shape index (κ3) is 4.07. The number of aromatic nitrogens is 1. The zero-order valence-electron chi connectivity index (χ0n) is 22.2. The van der Waals surface area contributed by atoms with Gasteiger partial charge in [-0.15, -0.1) is 0 Å². The van der Waals surface area contributed by atoms with Crippen LogP contribution < -0.4 is 9.80 Å². The second-order valence-electron chi connectivity index (χ2n) is 10.3. The first-order valence-corrected chi connectivity index (χ1v) is 13.3. The fourth-order valence-electron chi connectivity index (χ4n) is 5.85. The van der Waals surface area contributed by atoms with E-state index in [4.69, 9.17) is 4.98 Å². The smallest absolute Gasteiger partial charge is 0.158 e. The van der Waals surface area contributed by atoms with Crippen LogP contribution in [0.15, 0.2) is 91.1 Å². The third-order valence-electron chi connectivity index (χ3n) is 7.97. The van der Waals surface area contributed by atoms with Gasteiger partial charge < -0.3 is 9.80 Å². The molecule has 3 nitrogen and oxygen atoms in total. The number of hydrogen-bond donors (Lipinski definition) is 0. The molecule has 1 aliphatic heterocycles. The largest absolute Gasteiger partial charge is 0.317 e. The molecule has 0 amide bonds. The van der Waals surface area contributed by atoms with Crippen LogP contribution in [0.3, 0.4) is 0 Å². The minimum absolute atomic E-state index is 0.0888. The van der Waals surface area contributed by atoms with Gasteiger partial charge in [-0.3, -0.25) is 0 Å². The molecule has 4 aromatic rings. The second kappa shape index (κ2) is 9.81. The summed E-state index contributed by atoms with van der Waals surface area (Å²) in [5.41, 5.74) is 8.77. The van der Waals surface area contributed by atoms with E-state index >= 15 is 0 Å². The highest BCUT2D eigenvalue weighted by Gasteiger charge is 2.39. The predicted octanol–water partition coefficient (Wildman–Crippen LogP) is 9.16. The molecule has 36 heavy (non-hydrogen) atoms. The topological polar surface area (TPSA) is 19.4 Å². The predicted molar refractivity (Wildman–Crippen MR) is 154 cm³/mol. The number of pyridine rings is 1. The van der Waals surface area contributed by atoms with E-state index in [-0.39, 0.29) is 11.6 Å². The van der Waals surface area contributed by atoms with Gasteiger partial charge in [0.05, 0.1) is 5.69 Å². The van der Waals surface area contributed by atoms with Crippen LogP contribution >= 0.6 is 0 Å². The quantitative estimate of drug-likeness (QED) is 0.266. The highest BCUT2D eigenvalue weighted by Crippen LogP contribution is 2.50. The molecular formula is C33H37N3. The van der Waals surface area contributed by atoms with E-state index < -0.39 is 0 Å². The Morgan fingerprint density at radius 2 is 1.53 bits per heavy atom. The number of hydrogen-bond acceptors (Lipinski definition) is 3. The number of rotatable bonds is 7. The first-order valence-electron chi connectivity index (χ1n) is 13.3. The van der Waals surface area contributed by atoms with Gasteiger partial charge in [-0.25, -0.2) is 4.98 Å². The normalized spacial score (nSPS) is 16.6. The van der Waals surface area contributed by atoms with Crippen molar-refractivity contribution in [3.8, 4) is 11.1 Å². The van der Waals surface area contributed by atoms with Crippen LogP contribution in [0.1, 0.15) is 58.1 Å². The highest BCUT2D eigenvalue weighted by atomic mass is 15.4. The van der Waals surface area contributed by atoms with Crippen molar-refractivity contribution in [2.45, 2.75) is 65.5 Å². The molecular weight excluding hydrogens is 438 g/mol. The van der Waals surface area contributed by atoms with Crippen molar-refractivity contribution >= 4 is 22.9 Å². The van der Waals surface area contributed by atoms with Crippen LogP contribution in [0.4, 0.5) is 22.9 Å². The van der Waals surface area contributed by atoms with Crippen LogP contribution in [-0.4, -0.2) is 11.1 Å². The minimum atomic E-state index is 0.0888. The summed E-state index contributed by atoms with van der Waals surface area (Å²) in [4.78, 5) is 10.0. The maximum atomic E-state index is 5.14. The molecule has 3 heteroatoms. The van der Waals surface area contributed by atoms with Crippen molar-refractivity contribution in [1.82, 2.24) is 4.98 Å². The van der Waals surface area contributed by atoms with Crippen LogP contribution in [0.5, 0.6) is 0 Å². The molecule has 0 spiro atoms. The lowest BCUT2D eigenvalue weighted by molar-refractivity contribution is 0.414. The van der Waals surface area contributed by atoms with Crippen molar-refractivity contribution in [1.29, 1.82) is 0 Å². The van der Waals surface area contributed by atoms with Gasteiger partial charge in [-0.1, -0.05) is 87.9 Å². The standard InChI is InChI=1S/C33H37N3/c1-6-21-33(5,7-2)29-19-13-14-20-30(29)36-25(4)35(27-16-9-8-10-17-27)31-22-26(23-34-32(31)36)28-18-12-11-15-24(28)3/h8-20,22-23,25H,6-7,21H2,1-5H3. The van der Waals surface area contributed by atoms with Gasteiger partial charge in [0.1, 0.15) is 6.17 Å². The van der Waals surface area contributed by atoms with Gasteiger partial charge in [-0.05, 0) is 73.1 Å². The Kier molecular flexibility index (Phi) is 6.57. The van der Waals surface area contributed by atoms with Gasteiger partial charge in [0.25, 0.3) is 0 Å². The Morgan fingerprint density at radius 3 is 2.25 bits per heavy atom. The number of benzene rings is 3. The average molecular weight is 476 g/mol. The number of fused-ring (bicyclic) bond motifs is 1. The maximum absolute atomic E-state index is 5.14. The van der Waals surface area contributed by atoms with Crippen molar-refractivity contribution in [3.63, 3.8) is 0 Å². The van der Waals surface area contributed by atoms with E-state index in [1.54, 1.807) is 0 Å². The Labute approximate surface area is 216 Å². The lowest BCUT2D eigenvalue weighted by Crippen LogP contribution is -2.37. The van der Waals surface area contributed by atoms with Crippen molar-refractivity contribution in [2.24, 2.45) is 0 Å². The summed E-state index contributed by atoms with van der Waals surface area (Å²) in [5, 5.41) is 0. The molecule has 0 fully saturated rings. The lowest BCUT2D eigenvalue weighted by Gasteiger charge is -2.36. The molecule has 0 saturated heterocycles. The first-order chi connectivity index (χ1) is 17.5. The third-order valence-corrected chi connectivity index (χ3v) is 7.97. The number of nitrogens with zero attached hydrogens (tertiary/aromatic N) is 3. The second-order valence-corrected chi connectivity index (χ2v) is 10.3. The van der Waals surface area contributed by atoms with Gasteiger partial charge in [0.2, 0.25) is 0 Å². The highest BCUT2D eigenvalue weighted by molar-refractivity contribution is 5.89. The Bertz CT molecular complexity index is 1350. The van der Waals surface area contributed by atoms with Crippen LogP contribution in [0.2, 0.25) is 0 Å². The summed E-state index contributed by atoms with van der Waals surface area (Å²) < 4.78 is 0. The molecule has 0 radical (unpaired) electrons. The van der Waals surface area contributed by atoms with E-state index in [0.717, 1.165) is 29.9 Å². The monoisotopic (exact) mass is 475 g/mol. The fourth-order valence-corrected chi connectivity index (χ4v) is 5.85. The Hall–Kier alpha value is -3.59. The molecule has 2 heterocycles. The average Bonchev–Trinajstić information content (AvgIpc) is 3.20. The van der Waals surface area contributed by atoms with Crippen molar-refractivity contribution in [3.05, 3.63) is 102 Å². The fraction of sp³-hybridized carbons (Fsp3) is 0.303. The van der Waals surface area contributed by atoms with Crippen molar-refractivity contribution < 1.29 is 0 Å². The first kappa shape index (κ1) is 24.1. The van der Waals surface area contributed by atoms with Crippen LogP contribution in [0, 0.1) is 6.92 Å². The van der Waals surface area contributed by atoms with Gasteiger partial charge in [-0.2, -0.15) is 0 Å². The molecule has 2 unspecified atom stereocenters. The van der Waals surface area contributed by atoms with Gasteiger partial charge in [0.15, 0.2) is 5.82 Å². The van der Waals surface area contributed by atoms with Crippen molar-refractivity contribution in [2.75, 3.05) is 9.80 Å². The van der Waals surface area contributed by atoms with Crippen LogP contribution in [0.25, 0.3) is 11.1 Å². The number of aryl methyl sites for hydroxylation is 1. The minimum Gasteiger partial charge on any atom is -0.317 e. The van der Waals surface area contributed by atoms with E-state index in [1.807, 2.05) is 6.20 Å². The lowest BCUT2D eigenvalue weighted by atomic mass is 9.75. The summed E-state index contributed by atoms with van der Waals surface area (Å²) in [7, 11) is 0. The summed E-state index contributed by atoms with van der Waals surface area (Å²) in [5.74, 6) is 1.02. The number of para-hydroxylation sites is 2. The van der Waals surface area contributed by atoms with Gasteiger partial charge >= 0.3 is 0 Å². The Morgan fingerprint density at radius 1 is 0.833 bits per heavy atom. The maximum Gasteiger partial charge on any atom is 0.158 e. The zero-order chi connectivity index (χ0) is 25.3. The zero-order valence-corrected chi connectivity index (χ0v) is 22.2. The molecule has 0 bridgehead atoms. The molecule has 1 aliphatic rings. The molecule has 0 aliphatic carbocycles. The Balaban J connectivity index is 1.71. The molecule has 3 aromatic carbocycles. The SMILES string of the molecule is CCCC(C)(CC)c1ccccc1N1c2ncc(-c3ccccc3C)cc2N(c2ccccc2)C1C. The molecule has 0 saturated carbocycles. The summed E-state index contributed by atoms with van der Waals surface area (Å²) in [6.07, 6.45) is 5.57. The van der Waals surface area contributed by atoms with Gasteiger partial charge in [0, 0.05) is 23.1 Å². The molecule has 184 valence electrons. The summed E-state index contributed by atoms with van der Waals surface area (Å²) in [6, 6.07) is 30.6. The molecule has 2 atom stereocenters. The van der Waals surface area contributed by atoms with E-state index in [2.05, 4.69) is 129 Å². The summed E-state index contributed by atoms with van der Waals surface area (Å²) >= 11 is 0. The molecule has 0 N–H and O–H groups in total. The van der Waals surface area contributed by atoms with E-state index in [0.29, 0.717) is 0 Å². The summed E-state index contributed by atoms with van der Waals surface area (Å²) in [6.45, 7) is 11.5.